The van der Waals surface area contributed by atoms with Crippen LogP contribution in [-0.4, -0.2) is 69.4 Å². The van der Waals surface area contributed by atoms with E-state index in [4.69, 9.17) is 25.9 Å². The van der Waals surface area contributed by atoms with Gasteiger partial charge in [-0.2, -0.15) is 28.4 Å². The van der Waals surface area contributed by atoms with Crippen molar-refractivity contribution in [2.45, 2.75) is 63.0 Å². The third kappa shape index (κ3) is 6.54. The average Bonchev–Trinajstić information content (AvgIpc) is 3.82. The summed E-state index contributed by atoms with van der Waals surface area (Å²) in [6, 6.07) is 9.87. The molecule has 2 aromatic carbocycles. The molecule has 0 spiro atoms. The van der Waals surface area contributed by atoms with Crippen molar-refractivity contribution in [3.8, 4) is 29.0 Å². The van der Waals surface area contributed by atoms with Crippen LogP contribution in [0.2, 0.25) is 0 Å². The van der Waals surface area contributed by atoms with Crippen LogP contribution in [-0.2, 0) is 12.6 Å². The van der Waals surface area contributed by atoms with Crippen LogP contribution in [0.3, 0.4) is 0 Å². The van der Waals surface area contributed by atoms with Crippen molar-refractivity contribution >= 4 is 49.0 Å². The molecule has 4 aromatic heterocycles. The van der Waals surface area contributed by atoms with Gasteiger partial charge in [0, 0.05) is 47.6 Å². The molecule has 9 rings (SSSR count). The normalized spacial score (nSPS) is 19.6. The highest BCUT2D eigenvalue weighted by Gasteiger charge is 2.50. The third-order valence-electron chi connectivity index (χ3n) is 12.0. The van der Waals surface area contributed by atoms with E-state index in [2.05, 4.69) is 15.0 Å². The fourth-order valence-corrected chi connectivity index (χ4v) is 10.2. The minimum atomic E-state index is -5.27. The first-order valence-electron chi connectivity index (χ1n) is 19.4. The maximum atomic E-state index is 17.8. The monoisotopic (exact) mass is 845 g/mol. The van der Waals surface area contributed by atoms with Crippen molar-refractivity contribution in [2.24, 2.45) is 0 Å². The lowest BCUT2D eigenvalue weighted by Gasteiger charge is -2.34. The molecule has 310 valence electrons. The van der Waals surface area contributed by atoms with Crippen LogP contribution < -0.4 is 25.8 Å². The van der Waals surface area contributed by atoms with Crippen molar-refractivity contribution in [3.05, 3.63) is 88.4 Å². The smallest absolute Gasteiger partial charge is 0.420 e. The summed E-state index contributed by atoms with van der Waals surface area (Å²) in [5, 5.41) is 9.23. The molecule has 2 fully saturated rings. The Kier molecular flexibility index (Phi) is 9.86. The predicted molar refractivity (Wildman–Crippen MR) is 214 cm³/mol. The number of ether oxygens (including phenoxy) is 2. The number of aromatic nitrogens is 4. The van der Waals surface area contributed by atoms with Crippen LogP contribution >= 0.6 is 11.3 Å². The first kappa shape index (κ1) is 39.5. The Hall–Kier alpha value is -5.93. The van der Waals surface area contributed by atoms with Crippen LogP contribution in [0, 0.1) is 29.9 Å². The third-order valence-corrected chi connectivity index (χ3v) is 13.0. The number of halogens is 6. The second kappa shape index (κ2) is 15.0. The zero-order valence-electron chi connectivity index (χ0n) is 32.1. The fraction of sp³-hybridized carbons (Fsp3) is 0.357. The SMILES string of the molecule is Cc1ncccc1CC[C@H](c1cccnc1N)N1CCOc2c(C(F)(F)F)c(-c3ccc(F)c4sc(N)c(C#N)c34)c(F)c3nc(OC[C@@]45CCCN4C[C@H](F)C5)nc1c23. The Bertz CT molecular complexity index is 2720. The highest BCUT2D eigenvalue weighted by atomic mass is 32.1. The van der Waals surface area contributed by atoms with Gasteiger partial charge in [0.15, 0.2) is 5.82 Å². The number of thiophene rings is 1. The van der Waals surface area contributed by atoms with Gasteiger partial charge in [-0.05, 0) is 68.5 Å². The lowest BCUT2D eigenvalue weighted by atomic mass is 9.91. The highest BCUT2D eigenvalue weighted by molar-refractivity contribution is 7.23. The molecule has 6 aromatic rings. The van der Waals surface area contributed by atoms with Gasteiger partial charge in [0.25, 0.3) is 0 Å². The predicted octanol–water partition coefficient (Wildman–Crippen LogP) is 8.47. The molecule has 0 radical (unpaired) electrons. The van der Waals surface area contributed by atoms with E-state index in [0.29, 0.717) is 42.7 Å². The number of pyridine rings is 2. The molecule has 3 aliphatic rings. The summed E-state index contributed by atoms with van der Waals surface area (Å²) in [7, 11) is 0. The Morgan fingerprint density at radius 1 is 1.08 bits per heavy atom. The number of hydrogen-bond acceptors (Lipinski definition) is 12. The van der Waals surface area contributed by atoms with E-state index in [1.165, 1.54) is 6.20 Å². The van der Waals surface area contributed by atoms with Gasteiger partial charge in [0.1, 0.15) is 64.7 Å². The first-order valence-corrected chi connectivity index (χ1v) is 20.2. The molecule has 0 saturated carbocycles. The van der Waals surface area contributed by atoms with Crippen LogP contribution in [0.1, 0.15) is 59.7 Å². The van der Waals surface area contributed by atoms with Gasteiger partial charge >= 0.3 is 12.2 Å². The number of alkyl halides is 4. The summed E-state index contributed by atoms with van der Waals surface area (Å²) in [5.74, 6) is -2.99. The number of aryl methyl sites for hydroxylation is 2. The van der Waals surface area contributed by atoms with E-state index in [9.17, 15) is 9.65 Å². The maximum Gasteiger partial charge on any atom is 0.420 e. The Morgan fingerprint density at radius 3 is 2.65 bits per heavy atom. The minimum absolute atomic E-state index is 0.0544. The number of benzene rings is 2. The van der Waals surface area contributed by atoms with E-state index in [-0.39, 0.29) is 76.4 Å². The number of nitriles is 1. The molecule has 11 nitrogen and oxygen atoms in total. The topological polar surface area (TPSA) is 152 Å². The van der Waals surface area contributed by atoms with E-state index < -0.39 is 63.5 Å². The second-order valence-electron chi connectivity index (χ2n) is 15.4. The van der Waals surface area contributed by atoms with E-state index in [1.54, 1.807) is 23.2 Å². The first-order chi connectivity index (χ1) is 28.8. The van der Waals surface area contributed by atoms with E-state index in [0.717, 1.165) is 29.8 Å². The van der Waals surface area contributed by atoms with Gasteiger partial charge in [-0.3, -0.25) is 9.88 Å². The number of anilines is 3. The van der Waals surface area contributed by atoms with Crippen LogP contribution in [0.5, 0.6) is 11.8 Å². The van der Waals surface area contributed by atoms with Gasteiger partial charge < -0.3 is 25.8 Å². The van der Waals surface area contributed by atoms with Gasteiger partial charge in [0.2, 0.25) is 0 Å². The minimum Gasteiger partial charge on any atom is -0.490 e. The number of nitrogens with two attached hydrogens (primary N) is 2. The maximum absolute atomic E-state index is 17.8. The zero-order chi connectivity index (χ0) is 42.1. The average molecular weight is 846 g/mol. The van der Waals surface area contributed by atoms with Gasteiger partial charge in [-0.15, -0.1) is 11.3 Å². The van der Waals surface area contributed by atoms with Crippen molar-refractivity contribution < 1.29 is 35.8 Å². The number of nitrogens with zero attached hydrogens (tertiary/aromatic N) is 7. The lowest BCUT2D eigenvalue weighted by molar-refractivity contribution is -0.138. The van der Waals surface area contributed by atoms with Crippen LogP contribution in [0.4, 0.5) is 43.0 Å². The van der Waals surface area contributed by atoms with Crippen molar-refractivity contribution in [2.75, 3.05) is 49.2 Å². The number of fused-ring (bicyclic) bond motifs is 2. The molecule has 4 N–H and O–H groups in total. The molecule has 7 heterocycles. The molecule has 0 aliphatic carbocycles. The van der Waals surface area contributed by atoms with Crippen molar-refractivity contribution in [1.29, 1.82) is 5.26 Å². The molecule has 60 heavy (non-hydrogen) atoms. The zero-order valence-corrected chi connectivity index (χ0v) is 32.9. The Labute approximate surface area is 343 Å². The number of nitrogen functional groups attached to an aromatic ring is 2. The summed E-state index contributed by atoms with van der Waals surface area (Å²) >= 11 is 0.666. The van der Waals surface area contributed by atoms with Crippen LogP contribution in [0.15, 0.2) is 48.8 Å². The summed E-state index contributed by atoms with van der Waals surface area (Å²) in [6.45, 7) is 2.32. The standard InChI is InChI=1S/C42H37F6N9O2S/c1-21-22(5-2-12-52-21)7-10-28(24-6-3-13-53-37(24)50)57-15-16-58-35-31-34(54-40(55-39(31)57)59-20-41-11-4-14-56(41)19-23(43)17-41)33(45)30(32(35)42(46,47)48)25-8-9-27(44)36-29(25)26(18-49)38(51)60-36/h2-3,5-6,8-9,12-13,23,28H,4,7,10-11,14-17,19-20,51H2,1H3,(H2,50,53)/t23-,28-,41+/m1/s1. The fourth-order valence-electron chi connectivity index (χ4n) is 9.28. The van der Waals surface area contributed by atoms with Crippen molar-refractivity contribution in [3.63, 3.8) is 0 Å². The van der Waals surface area contributed by atoms with Gasteiger partial charge in [0.05, 0.1) is 33.8 Å². The molecule has 0 bridgehead atoms. The lowest BCUT2D eigenvalue weighted by Crippen LogP contribution is -2.43. The summed E-state index contributed by atoms with van der Waals surface area (Å²) in [6.07, 6.45) is -0.724. The highest BCUT2D eigenvalue weighted by Crippen LogP contribution is 2.54. The Balaban J connectivity index is 1.31. The molecule has 0 amide bonds. The quantitative estimate of drug-likeness (QED) is 0.135. The molecule has 0 unspecified atom stereocenters. The molecular weight excluding hydrogens is 809 g/mol. The molecule has 2 saturated heterocycles. The van der Waals surface area contributed by atoms with Crippen molar-refractivity contribution in [1.82, 2.24) is 24.8 Å². The molecular formula is C42H37F6N9O2S. The number of rotatable bonds is 9. The van der Waals surface area contributed by atoms with Gasteiger partial charge in [-0.1, -0.05) is 18.2 Å². The van der Waals surface area contributed by atoms with Crippen LogP contribution in [0.25, 0.3) is 32.1 Å². The van der Waals surface area contributed by atoms with E-state index >= 15 is 22.0 Å². The molecule has 3 atom stereocenters. The summed E-state index contributed by atoms with van der Waals surface area (Å²) < 4.78 is 107. The number of hydrogen-bond donors (Lipinski definition) is 2. The van der Waals surface area contributed by atoms with Gasteiger partial charge in [-0.25, -0.2) is 18.2 Å². The molecule has 3 aliphatic heterocycles. The Morgan fingerprint density at radius 2 is 1.88 bits per heavy atom. The summed E-state index contributed by atoms with van der Waals surface area (Å²) in [5.41, 5.74) is 10.3. The van der Waals surface area contributed by atoms with E-state index in [1.807, 2.05) is 30.0 Å². The molecule has 18 heteroatoms. The summed E-state index contributed by atoms with van der Waals surface area (Å²) in [4.78, 5) is 21.7. The second-order valence-corrected chi connectivity index (χ2v) is 16.4. The largest absolute Gasteiger partial charge is 0.490 e.